The van der Waals surface area contributed by atoms with E-state index in [4.69, 9.17) is 15.2 Å². The lowest BCUT2D eigenvalue weighted by Crippen LogP contribution is -2.41. The zero-order valence-electron chi connectivity index (χ0n) is 18.9. The van der Waals surface area contributed by atoms with Crippen LogP contribution >= 0.6 is 0 Å². The molecule has 0 radical (unpaired) electrons. The Morgan fingerprint density at radius 3 is 2.41 bits per heavy atom. The molecule has 0 amide bonds. The van der Waals surface area contributed by atoms with Crippen LogP contribution in [0.25, 0.3) is 10.9 Å². The van der Waals surface area contributed by atoms with Crippen molar-refractivity contribution in [2.24, 2.45) is 5.73 Å². The highest BCUT2D eigenvalue weighted by molar-refractivity contribution is 6.07. The van der Waals surface area contributed by atoms with Gasteiger partial charge in [-0.25, -0.2) is 9.59 Å². The molecule has 1 atom stereocenters. The lowest BCUT2D eigenvalue weighted by molar-refractivity contribution is -0.139. The molecule has 1 aliphatic rings. The van der Waals surface area contributed by atoms with Crippen molar-refractivity contribution in [1.29, 1.82) is 5.26 Å². The van der Waals surface area contributed by atoms with Crippen molar-refractivity contribution in [3.63, 3.8) is 0 Å². The number of carbonyl (C=O) groups excluding carboxylic acids is 2. The number of fused-ring (bicyclic) bond motifs is 1. The number of hydrogen-bond donors (Lipinski definition) is 1. The Morgan fingerprint density at radius 2 is 1.76 bits per heavy atom. The maximum atomic E-state index is 13.2. The van der Waals surface area contributed by atoms with Crippen LogP contribution in [-0.4, -0.2) is 31.1 Å². The zero-order chi connectivity index (χ0) is 24.4. The molecule has 2 heterocycles. The number of esters is 2. The highest BCUT2D eigenvalue weighted by Gasteiger charge is 2.43. The first-order chi connectivity index (χ1) is 16.4. The van der Waals surface area contributed by atoms with Crippen LogP contribution in [0.5, 0.6) is 0 Å². The molecule has 2 aromatic carbocycles. The van der Waals surface area contributed by atoms with Gasteiger partial charge in [0.25, 0.3) is 0 Å². The van der Waals surface area contributed by atoms with Crippen LogP contribution in [0.3, 0.4) is 0 Å². The van der Waals surface area contributed by atoms with Gasteiger partial charge in [-0.3, -0.25) is 9.88 Å². The molecule has 1 aromatic heterocycles. The second kappa shape index (κ2) is 9.08. The van der Waals surface area contributed by atoms with Gasteiger partial charge in [0, 0.05) is 11.6 Å². The number of pyridine rings is 1. The predicted octanol–water partition coefficient (Wildman–Crippen LogP) is 3.44. The van der Waals surface area contributed by atoms with Gasteiger partial charge in [-0.1, -0.05) is 36.4 Å². The van der Waals surface area contributed by atoms with E-state index in [1.54, 1.807) is 36.5 Å². The van der Waals surface area contributed by atoms with E-state index in [9.17, 15) is 14.9 Å². The van der Waals surface area contributed by atoms with Gasteiger partial charge in [-0.05, 0) is 36.2 Å². The average molecular weight is 454 g/mol. The average Bonchev–Trinajstić information content (AvgIpc) is 2.87. The second-order valence-corrected chi connectivity index (χ2v) is 7.67. The van der Waals surface area contributed by atoms with Crippen LogP contribution in [-0.2, 0) is 19.1 Å². The number of carbonyl (C=O) groups is 2. The fourth-order valence-electron chi connectivity index (χ4n) is 4.23. The number of nitrogens with zero attached hydrogens (tertiary/aromatic N) is 3. The highest BCUT2D eigenvalue weighted by atomic mass is 16.5. The normalized spacial score (nSPS) is 15.8. The molecule has 8 heteroatoms. The number of methoxy groups -OCH3 is 2. The Bertz CT molecular complexity index is 1400. The van der Waals surface area contributed by atoms with Crippen molar-refractivity contribution in [3.8, 4) is 6.07 Å². The fraction of sp³-hybridized carbons (Fsp3) is 0.154. The summed E-state index contributed by atoms with van der Waals surface area (Å²) in [4.78, 5) is 32.1. The Balaban J connectivity index is 2.10. The fourth-order valence-corrected chi connectivity index (χ4v) is 4.23. The van der Waals surface area contributed by atoms with Crippen LogP contribution in [0.15, 0.2) is 83.5 Å². The first kappa shape index (κ1) is 22.6. The van der Waals surface area contributed by atoms with Gasteiger partial charge in [0.2, 0.25) is 0 Å². The molecule has 0 bridgehead atoms. The third kappa shape index (κ3) is 3.63. The number of anilines is 1. The summed E-state index contributed by atoms with van der Waals surface area (Å²) in [6, 6.07) is 18.4. The van der Waals surface area contributed by atoms with E-state index in [2.05, 4.69) is 11.1 Å². The minimum Gasteiger partial charge on any atom is -0.466 e. The Kier molecular flexibility index (Phi) is 6.02. The van der Waals surface area contributed by atoms with Crippen molar-refractivity contribution < 1.29 is 19.1 Å². The van der Waals surface area contributed by atoms with Crippen LogP contribution in [0.2, 0.25) is 0 Å². The Labute approximate surface area is 196 Å². The molecule has 1 aliphatic heterocycles. The lowest BCUT2D eigenvalue weighted by Gasteiger charge is -2.36. The van der Waals surface area contributed by atoms with E-state index < -0.39 is 17.9 Å². The molecule has 1 unspecified atom stereocenters. The molecule has 2 N–H and O–H groups in total. The minimum atomic E-state index is -0.914. The monoisotopic (exact) mass is 454 g/mol. The predicted molar refractivity (Wildman–Crippen MR) is 126 cm³/mol. The number of allylic oxidation sites excluding steroid dienone is 1. The van der Waals surface area contributed by atoms with E-state index in [0.29, 0.717) is 16.8 Å². The van der Waals surface area contributed by atoms with Gasteiger partial charge >= 0.3 is 11.9 Å². The molecule has 0 saturated carbocycles. The third-order valence-corrected chi connectivity index (χ3v) is 5.77. The van der Waals surface area contributed by atoms with Gasteiger partial charge in [0.15, 0.2) is 0 Å². The van der Waals surface area contributed by atoms with Crippen molar-refractivity contribution in [1.82, 2.24) is 4.98 Å². The molecular formula is C26H22N4O4. The quantitative estimate of drug-likeness (QED) is 0.596. The molecule has 3 aromatic rings. The molecule has 0 spiro atoms. The molecule has 8 nitrogen and oxygen atoms in total. The van der Waals surface area contributed by atoms with Crippen LogP contribution in [0, 0.1) is 18.3 Å². The molecular weight excluding hydrogens is 432 g/mol. The smallest absolute Gasteiger partial charge is 0.355 e. The first-order valence-corrected chi connectivity index (χ1v) is 10.4. The first-order valence-electron chi connectivity index (χ1n) is 10.4. The summed E-state index contributed by atoms with van der Waals surface area (Å²) in [5.74, 6) is -2.46. The van der Waals surface area contributed by atoms with Crippen molar-refractivity contribution in [2.75, 3.05) is 19.1 Å². The molecule has 34 heavy (non-hydrogen) atoms. The lowest BCUT2D eigenvalue weighted by atomic mass is 9.80. The van der Waals surface area contributed by atoms with E-state index in [0.717, 1.165) is 10.9 Å². The standard InChI is InChI=1S/C26H22N4O4/c1-15-12-17-10-7-11-29-19(17)13-20(15)30-23(26(32)34-3)22(25(31)33-2)21(18(14-27)24(30)28)16-8-5-4-6-9-16/h4-13,21H,28H2,1-3H3. The molecule has 0 saturated heterocycles. The van der Waals surface area contributed by atoms with Gasteiger partial charge in [0.1, 0.15) is 11.5 Å². The van der Waals surface area contributed by atoms with Crippen molar-refractivity contribution >= 4 is 28.5 Å². The minimum absolute atomic E-state index is 0.0165. The number of ether oxygens (including phenoxy) is 2. The summed E-state index contributed by atoms with van der Waals surface area (Å²) < 4.78 is 10.1. The number of nitriles is 1. The summed E-state index contributed by atoms with van der Waals surface area (Å²) in [7, 11) is 2.43. The van der Waals surface area contributed by atoms with Gasteiger partial charge in [-0.2, -0.15) is 5.26 Å². The number of aromatic nitrogens is 1. The zero-order valence-corrected chi connectivity index (χ0v) is 18.9. The summed E-state index contributed by atoms with van der Waals surface area (Å²) in [6.07, 6.45) is 1.65. The number of nitrogens with two attached hydrogens (primary N) is 1. The number of rotatable bonds is 4. The summed E-state index contributed by atoms with van der Waals surface area (Å²) in [5, 5.41) is 11.0. The second-order valence-electron chi connectivity index (χ2n) is 7.67. The highest BCUT2D eigenvalue weighted by Crippen LogP contribution is 2.44. The Hall–Kier alpha value is -4.64. The molecule has 0 aliphatic carbocycles. The Morgan fingerprint density at radius 1 is 1.06 bits per heavy atom. The summed E-state index contributed by atoms with van der Waals surface area (Å²) >= 11 is 0. The summed E-state index contributed by atoms with van der Waals surface area (Å²) in [5.41, 5.74) is 9.04. The largest absolute Gasteiger partial charge is 0.466 e. The molecule has 170 valence electrons. The van der Waals surface area contributed by atoms with Crippen molar-refractivity contribution in [2.45, 2.75) is 12.8 Å². The molecule has 0 fully saturated rings. The van der Waals surface area contributed by atoms with E-state index >= 15 is 0 Å². The van der Waals surface area contributed by atoms with Gasteiger partial charge in [0.05, 0.1) is 48.6 Å². The van der Waals surface area contributed by atoms with E-state index in [-0.39, 0.29) is 22.7 Å². The maximum Gasteiger partial charge on any atom is 0.355 e. The van der Waals surface area contributed by atoms with Crippen LogP contribution in [0.4, 0.5) is 5.69 Å². The number of benzene rings is 2. The molecule has 4 rings (SSSR count). The van der Waals surface area contributed by atoms with Crippen LogP contribution < -0.4 is 10.6 Å². The van der Waals surface area contributed by atoms with Crippen LogP contribution in [0.1, 0.15) is 17.0 Å². The summed E-state index contributed by atoms with van der Waals surface area (Å²) in [6.45, 7) is 1.84. The van der Waals surface area contributed by atoms with E-state index in [1.165, 1.54) is 19.1 Å². The number of hydrogen-bond acceptors (Lipinski definition) is 8. The van der Waals surface area contributed by atoms with Crippen molar-refractivity contribution in [3.05, 3.63) is 94.6 Å². The topological polar surface area (TPSA) is 119 Å². The third-order valence-electron chi connectivity index (χ3n) is 5.77. The maximum absolute atomic E-state index is 13.2. The van der Waals surface area contributed by atoms with Gasteiger partial charge in [-0.15, -0.1) is 0 Å². The van der Waals surface area contributed by atoms with Gasteiger partial charge < -0.3 is 15.2 Å². The SMILES string of the molecule is COC(=O)C1=C(C(=O)OC)N(c2cc3ncccc3cc2C)C(N)=C(C#N)C1c1ccccc1. The number of aryl methyl sites for hydroxylation is 1. The van der Waals surface area contributed by atoms with E-state index in [1.807, 2.05) is 31.2 Å².